The van der Waals surface area contributed by atoms with Crippen molar-refractivity contribution in [2.24, 2.45) is 4.99 Å². The number of halogens is 1. The number of ether oxygens (including phenoxy) is 1. The van der Waals surface area contributed by atoms with Gasteiger partial charge >= 0.3 is 0 Å². The Hall–Kier alpha value is -1.77. The molecule has 2 aromatic rings. The van der Waals surface area contributed by atoms with Crippen molar-refractivity contribution in [3.63, 3.8) is 0 Å². The van der Waals surface area contributed by atoms with Gasteiger partial charge in [-0.3, -0.25) is 0 Å². The second-order valence-corrected chi connectivity index (χ2v) is 5.27. The van der Waals surface area contributed by atoms with Crippen LogP contribution in [0, 0.1) is 0 Å². The molecular formula is C18H27IN4O2. The monoisotopic (exact) mass is 458 g/mol. The van der Waals surface area contributed by atoms with E-state index in [1.54, 1.807) is 12.5 Å². The van der Waals surface area contributed by atoms with Crippen LogP contribution in [-0.2, 0) is 13.0 Å². The van der Waals surface area contributed by atoms with E-state index >= 15 is 0 Å². The molecule has 0 amide bonds. The summed E-state index contributed by atoms with van der Waals surface area (Å²) in [5.74, 6) is 2.39. The highest BCUT2D eigenvalue weighted by atomic mass is 127. The molecule has 6 nitrogen and oxygen atoms in total. The number of hydrogen-bond acceptors (Lipinski definition) is 4. The van der Waals surface area contributed by atoms with Gasteiger partial charge in [0.15, 0.2) is 5.96 Å². The van der Waals surface area contributed by atoms with E-state index in [1.807, 2.05) is 31.2 Å². The Bertz CT molecular complexity index is 617. The summed E-state index contributed by atoms with van der Waals surface area (Å²) in [6, 6.07) is 7.77. The summed E-state index contributed by atoms with van der Waals surface area (Å²) in [6.07, 6.45) is 5.20. The summed E-state index contributed by atoms with van der Waals surface area (Å²) in [7, 11) is 0. The van der Waals surface area contributed by atoms with Crippen LogP contribution in [0.4, 0.5) is 0 Å². The van der Waals surface area contributed by atoms with Gasteiger partial charge in [0.25, 0.3) is 0 Å². The van der Waals surface area contributed by atoms with Gasteiger partial charge in [0.2, 0.25) is 5.88 Å². The molecule has 7 heteroatoms. The van der Waals surface area contributed by atoms with E-state index in [2.05, 4.69) is 27.5 Å². The molecule has 2 rings (SSSR count). The van der Waals surface area contributed by atoms with Gasteiger partial charge in [0.05, 0.1) is 19.4 Å². The molecule has 2 heterocycles. The number of aromatic nitrogens is 1. The molecule has 0 radical (unpaired) electrons. The van der Waals surface area contributed by atoms with Gasteiger partial charge in [-0.2, -0.15) is 0 Å². The van der Waals surface area contributed by atoms with Crippen LogP contribution in [0.2, 0.25) is 0 Å². The third kappa shape index (κ3) is 7.76. The van der Waals surface area contributed by atoms with E-state index in [4.69, 9.17) is 9.15 Å². The number of furan rings is 1. The molecule has 2 N–H and O–H groups in total. The SMILES string of the molecule is CCCOc1ncccc1CN=C(NCC)NCCc1ccco1.I. The summed E-state index contributed by atoms with van der Waals surface area (Å²) < 4.78 is 11.0. The maximum atomic E-state index is 5.68. The van der Waals surface area contributed by atoms with Crippen molar-refractivity contribution in [2.75, 3.05) is 19.7 Å². The number of hydrogen-bond donors (Lipinski definition) is 2. The summed E-state index contributed by atoms with van der Waals surface area (Å²) in [5.41, 5.74) is 0.981. The minimum Gasteiger partial charge on any atom is -0.477 e. The average molecular weight is 458 g/mol. The van der Waals surface area contributed by atoms with Crippen LogP contribution in [0.1, 0.15) is 31.6 Å². The third-order valence-corrected chi connectivity index (χ3v) is 3.29. The highest BCUT2D eigenvalue weighted by Gasteiger charge is 2.05. The number of nitrogens with one attached hydrogen (secondary N) is 2. The van der Waals surface area contributed by atoms with Gasteiger partial charge in [0, 0.05) is 31.3 Å². The molecular weight excluding hydrogens is 431 g/mol. The van der Waals surface area contributed by atoms with Crippen molar-refractivity contribution in [1.82, 2.24) is 15.6 Å². The van der Waals surface area contributed by atoms with Crippen LogP contribution in [0.5, 0.6) is 5.88 Å². The molecule has 0 fully saturated rings. The lowest BCUT2D eigenvalue weighted by Gasteiger charge is -2.12. The lowest BCUT2D eigenvalue weighted by atomic mass is 10.3. The molecule has 0 bridgehead atoms. The minimum atomic E-state index is 0. The molecule has 0 spiro atoms. The lowest BCUT2D eigenvalue weighted by Crippen LogP contribution is -2.38. The van der Waals surface area contributed by atoms with E-state index < -0.39 is 0 Å². The second-order valence-electron chi connectivity index (χ2n) is 5.27. The van der Waals surface area contributed by atoms with Crippen LogP contribution >= 0.6 is 24.0 Å². The first-order valence-corrected chi connectivity index (χ1v) is 8.44. The Kier molecular flexibility index (Phi) is 10.7. The number of aliphatic imine (C=N–C) groups is 1. The summed E-state index contributed by atoms with van der Waals surface area (Å²) in [4.78, 5) is 8.91. The predicted octanol–water partition coefficient (Wildman–Crippen LogP) is 3.38. The number of rotatable bonds is 9. The third-order valence-electron chi connectivity index (χ3n) is 3.29. The normalized spacial score (nSPS) is 10.9. The molecule has 0 aromatic carbocycles. The smallest absolute Gasteiger partial charge is 0.218 e. The van der Waals surface area contributed by atoms with Crippen molar-refractivity contribution in [3.8, 4) is 5.88 Å². The molecule has 2 aromatic heterocycles. The van der Waals surface area contributed by atoms with Crippen LogP contribution in [0.3, 0.4) is 0 Å². The quantitative estimate of drug-likeness (QED) is 0.343. The molecule has 0 saturated carbocycles. The average Bonchev–Trinajstić information content (AvgIpc) is 3.12. The Labute approximate surface area is 166 Å². The Morgan fingerprint density at radius 2 is 2.12 bits per heavy atom. The van der Waals surface area contributed by atoms with Gasteiger partial charge in [-0.05, 0) is 31.5 Å². The zero-order valence-corrected chi connectivity index (χ0v) is 17.2. The molecule has 25 heavy (non-hydrogen) atoms. The molecule has 0 saturated heterocycles. The highest BCUT2D eigenvalue weighted by Crippen LogP contribution is 2.15. The van der Waals surface area contributed by atoms with E-state index in [9.17, 15) is 0 Å². The largest absolute Gasteiger partial charge is 0.477 e. The zero-order valence-electron chi connectivity index (χ0n) is 14.8. The van der Waals surface area contributed by atoms with E-state index in [0.29, 0.717) is 19.0 Å². The number of guanidine groups is 1. The lowest BCUT2D eigenvalue weighted by molar-refractivity contribution is 0.302. The van der Waals surface area contributed by atoms with Gasteiger partial charge in [-0.1, -0.05) is 13.0 Å². The molecule has 138 valence electrons. The Balaban J connectivity index is 0.00000312. The maximum Gasteiger partial charge on any atom is 0.218 e. The van der Waals surface area contributed by atoms with Crippen molar-refractivity contribution in [2.45, 2.75) is 33.2 Å². The number of pyridine rings is 1. The maximum absolute atomic E-state index is 5.68. The first-order valence-electron chi connectivity index (χ1n) is 8.44. The van der Waals surface area contributed by atoms with Gasteiger partial charge in [-0.25, -0.2) is 9.98 Å². The molecule has 0 aliphatic carbocycles. The zero-order chi connectivity index (χ0) is 17.0. The van der Waals surface area contributed by atoms with Crippen LogP contribution in [0.15, 0.2) is 46.1 Å². The first-order chi connectivity index (χ1) is 11.8. The van der Waals surface area contributed by atoms with Gasteiger partial charge in [0.1, 0.15) is 5.76 Å². The summed E-state index contributed by atoms with van der Waals surface area (Å²) >= 11 is 0. The van der Waals surface area contributed by atoms with Gasteiger partial charge < -0.3 is 19.8 Å². The Morgan fingerprint density at radius 1 is 1.24 bits per heavy atom. The van der Waals surface area contributed by atoms with Crippen molar-refractivity contribution >= 4 is 29.9 Å². The summed E-state index contributed by atoms with van der Waals surface area (Å²) in [5, 5.41) is 6.55. The minimum absolute atomic E-state index is 0. The molecule has 0 unspecified atom stereocenters. The fraction of sp³-hybridized carbons (Fsp3) is 0.444. The molecule has 0 atom stereocenters. The standard InChI is InChI=1S/C18H26N4O2.HI/c1-3-12-24-17-15(7-5-10-20-17)14-22-18(19-4-2)21-11-9-16-8-6-13-23-16;/h5-8,10,13H,3-4,9,11-12,14H2,1-2H3,(H2,19,21,22);1H. The van der Waals surface area contributed by atoms with Crippen LogP contribution < -0.4 is 15.4 Å². The Morgan fingerprint density at radius 3 is 2.84 bits per heavy atom. The predicted molar refractivity (Wildman–Crippen MR) is 111 cm³/mol. The van der Waals surface area contributed by atoms with E-state index in [1.165, 1.54) is 0 Å². The fourth-order valence-electron chi connectivity index (χ4n) is 2.14. The van der Waals surface area contributed by atoms with E-state index in [0.717, 1.165) is 43.2 Å². The van der Waals surface area contributed by atoms with Crippen molar-refractivity contribution < 1.29 is 9.15 Å². The van der Waals surface area contributed by atoms with Crippen molar-refractivity contribution in [3.05, 3.63) is 48.0 Å². The van der Waals surface area contributed by atoms with Gasteiger partial charge in [-0.15, -0.1) is 24.0 Å². The topological polar surface area (TPSA) is 71.7 Å². The van der Waals surface area contributed by atoms with Crippen molar-refractivity contribution in [1.29, 1.82) is 0 Å². The highest BCUT2D eigenvalue weighted by molar-refractivity contribution is 14.0. The van der Waals surface area contributed by atoms with Crippen LogP contribution in [0.25, 0.3) is 0 Å². The number of nitrogens with zero attached hydrogens (tertiary/aromatic N) is 2. The molecule has 0 aliphatic rings. The van der Waals surface area contributed by atoms with Crippen LogP contribution in [-0.4, -0.2) is 30.6 Å². The molecule has 0 aliphatic heterocycles. The van der Waals surface area contributed by atoms with E-state index in [-0.39, 0.29) is 24.0 Å². The first kappa shape index (κ1) is 21.3. The summed E-state index contributed by atoms with van der Waals surface area (Å²) in [6.45, 7) is 6.86. The second kappa shape index (κ2) is 12.6. The fourth-order valence-corrected chi connectivity index (χ4v) is 2.14.